The van der Waals surface area contributed by atoms with Crippen molar-refractivity contribution in [2.45, 2.75) is 0 Å². The third-order valence-electron chi connectivity index (χ3n) is 5.35. The van der Waals surface area contributed by atoms with Crippen molar-refractivity contribution in [1.82, 2.24) is 19.7 Å². The second-order valence-corrected chi connectivity index (χ2v) is 8.17. The van der Waals surface area contributed by atoms with Crippen LogP contribution in [0.4, 0.5) is 5.95 Å². The summed E-state index contributed by atoms with van der Waals surface area (Å²) in [7, 11) is 3.15. The lowest BCUT2D eigenvalue weighted by Gasteiger charge is -2.07. The molecule has 10 nitrogen and oxygen atoms in total. The van der Waals surface area contributed by atoms with Crippen molar-refractivity contribution >= 4 is 34.1 Å². The molecule has 176 valence electrons. The predicted octanol–water partition coefficient (Wildman–Crippen LogP) is 3.81. The van der Waals surface area contributed by atoms with Gasteiger partial charge in [0.15, 0.2) is 5.82 Å². The molecule has 0 bridgehead atoms. The summed E-state index contributed by atoms with van der Waals surface area (Å²) in [6, 6.07) is 14.4. The SMILES string of the molecule is COc1ccc(-c2nc(NC(=O)c3c(O)c4cscc4[nH]c3=O)nn2-c2ccc(OC)cc2)cc1. The maximum Gasteiger partial charge on any atom is 0.267 e. The van der Waals surface area contributed by atoms with Crippen LogP contribution >= 0.6 is 11.3 Å². The summed E-state index contributed by atoms with van der Waals surface area (Å²) >= 11 is 1.30. The molecule has 0 aliphatic heterocycles. The van der Waals surface area contributed by atoms with Crippen LogP contribution in [0.3, 0.4) is 0 Å². The molecule has 11 heteroatoms. The number of benzene rings is 2. The Balaban J connectivity index is 1.56. The Kier molecular flexibility index (Phi) is 5.67. The Hall–Kier alpha value is -4.64. The minimum absolute atomic E-state index is 0.0409. The van der Waals surface area contributed by atoms with Gasteiger partial charge in [-0.05, 0) is 48.5 Å². The number of carbonyl (C=O) groups excluding carboxylic acids is 1. The van der Waals surface area contributed by atoms with Crippen LogP contribution in [0.25, 0.3) is 28.0 Å². The van der Waals surface area contributed by atoms with E-state index in [1.165, 1.54) is 11.3 Å². The average Bonchev–Trinajstić information content (AvgIpc) is 3.51. The molecule has 2 aromatic carbocycles. The van der Waals surface area contributed by atoms with Gasteiger partial charge >= 0.3 is 0 Å². The minimum Gasteiger partial charge on any atom is -0.506 e. The Labute approximate surface area is 202 Å². The molecule has 3 aromatic heterocycles. The molecule has 0 saturated carbocycles. The van der Waals surface area contributed by atoms with E-state index in [-0.39, 0.29) is 5.95 Å². The van der Waals surface area contributed by atoms with Crippen LogP contribution in [0.15, 0.2) is 64.1 Å². The van der Waals surface area contributed by atoms with Gasteiger partial charge in [-0.15, -0.1) is 16.4 Å². The molecule has 0 radical (unpaired) electrons. The number of thiophene rings is 1. The quantitative estimate of drug-likeness (QED) is 0.330. The fourth-order valence-electron chi connectivity index (χ4n) is 3.57. The largest absolute Gasteiger partial charge is 0.506 e. The first-order chi connectivity index (χ1) is 17.0. The Bertz CT molecular complexity index is 1520. The molecule has 0 aliphatic rings. The van der Waals surface area contributed by atoms with Crippen LogP contribution in [0.5, 0.6) is 17.2 Å². The fraction of sp³-hybridized carbons (Fsp3) is 0.0833. The molecule has 5 aromatic rings. The number of nitrogens with zero attached hydrogens (tertiary/aromatic N) is 3. The lowest BCUT2D eigenvalue weighted by molar-refractivity contribution is 0.102. The summed E-state index contributed by atoms with van der Waals surface area (Å²) in [5, 5.41) is 21.2. The van der Waals surface area contributed by atoms with Crippen molar-refractivity contribution in [3.8, 4) is 34.3 Å². The first-order valence-corrected chi connectivity index (χ1v) is 11.3. The van der Waals surface area contributed by atoms with Gasteiger partial charge in [-0.2, -0.15) is 4.98 Å². The number of aromatic hydroxyl groups is 1. The zero-order valence-corrected chi connectivity index (χ0v) is 19.4. The second-order valence-electron chi connectivity index (χ2n) is 7.43. The highest BCUT2D eigenvalue weighted by Gasteiger charge is 2.22. The number of hydrogen-bond acceptors (Lipinski definition) is 8. The van der Waals surface area contributed by atoms with E-state index in [2.05, 4.69) is 20.4 Å². The number of anilines is 1. The van der Waals surface area contributed by atoms with E-state index >= 15 is 0 Å². The number of amides is 1. The average molecular weight is 490 g/mol. The summed E-state index contributed by atoms with van der Waals surface area (Å²) in [5.74, 6) is 0.529. The fourth-order valence-corrected chi connectivity index (χ4v) is 4.34. The van der Waals surface area contributed by atoms with Crippen molar-refractivity contribution in [3.05, 3.63) is 75.2 Å². The number of pyridine rings is 1. The van der Waals surface area contributed by atoms with E-state index in [0.29, 0.717) is 33.9 Å². The number of hydrogen-bond donors (Lipinski definition) is 3. The molecule has 0 atom stereocenters. The monoisotopic (exact) mass is 489 g/mol. The Morgan fingerprint density at radius 1 is 1.03 bits per heavy atom. The van der Waals surface area contributed by atoms with E-state index in [0.717, 1.165) is 5.56 Å². The highest BCUT2D eigenvalue weighted by molar-refractivity contribution is 7.09. The smallest absolute Gasteiger partial charge is 0.267 e. The van der Waals surface area contributed by atoms with Gasteiger partial charge < -0.3 is 19.6 Å². The first-order valence-electron chi connectivity index (χ1n) is 10.4. The lowest BCUT2D eigenvalue weighted by atomic mass is 10.2. The number of H-pyrrole nitrogens is 1. The molecule has 3 heterocycles. The molecule has 3 N–H and O–H groups in total. The third kappa shape index (κ3) is 4.08. The van der Waals surface area contributed by atoms with Crippen molar-refractivity contribution in [1.29, 1.82) is 0 Å². The molecule has 1 amide bonds. The number of methoxy groups -OCH3 is 2. The molecular weight excluding hydrogens is 470 g/mol. The van der Waals surface area contributed by atoms with Crippen LogP contribution in [-0.4, -0.2) is 45.0 Å². The number of aromatic nitrogens is 4. The minimum atomic E-state index is -0.829. The van der Waals surface area contributed by atoms with Crippen LogP contribution in [0, 0.1) is 0 Å². The summed E-state index contributed by atoms with van der Waals surface area (Å²) in [6.07, 6.45) is 0. The Morgan fingerprint density at radius 3 is 2.34 bits per heavy atom. The van der Waals surface area contributed by atoms with E-state index in [4.69, 9.17) is 9.47 Å². The molecule has 0 fully saturated rings. The predicted molar refractivity (Wildman–Crippen MR) is 132 cm³/mol. The third-order valence-corrected chi connectivity index (χ3v) is 6.10. The zero-order chi connectivity index (χ0) is 24.5. The summed E-state index contributed by atoms with van der Waals surface area (Å²) in [4.78, 5) is 32.5. The molecule has 5 rings (SSSR count). The topological polar surface area (TPSA) is 131 Å². The van der Waals surface area contributed by atoms with Gasteiger partial charge in [-0.1, -0.05) is 0 Å². The van der Waals surface area contributed by atoms with Crippen LogP contribution in [0.1, 0.15) is 10.4 Å². The number of nitrogens with one attached hydrogen (secondary N) is 2. The number of ether oxygens (including phenoxy) is 2. The number of carbonyl (C=O) groups is 1. The highest BCUT2D eigenvalue weighted by atomic mass is 32.1. The molecular formula is C24H19N5O5S. The van der Waals surface area contributed by atoms with E-state index in [9.17, 15) is 14.7 Å². The van der Waals surface area contributed by atoms with Gasteiger partial charge in [-0.3, -0.25) is 14.9 Å². The molecule has 0 spiro atoms. The summed E-state index contributed by atoms with van der Waals surface area (Å²) in [6.45, 7) is 0. The van der Waals surface area contributed by atoms with Crippen molar-refractivity contribution in [2.24, 2.45) is 0 Å². The maximum absolute atomic E-state index is 13.0. The van der Waals surface area contributed by atoms with Gasteiger partial charge in [0.05, 0.1) is 30.8 Å². The van der Waals surface area contributed by atoms with Gasteiger partial charge in [-0.25, -0.2) is 4.68 Å². The van der Waals surface area contributed by atoms with E-state index in [1.54, 1.807) is 66.1 Å². The van der Waals surface area contributed by atoms with Crippen molar-refractivity contribution < 1.29 is 19.4 Å². The zero-order valence-electron chi connectivity index (χ0n) is 18.6. The summed E-state index contributed by atoms with van der Waals surface area (Å²) in [5.41, 5.74) is 0.719. The maximum atomic E-state index is 13.0. The molecule has 35 heavy (non-hydrogen) atoms. The van der Waals surface area contributed by atoms with Crippen LogP contribution in [0.2, 0.25) is 0 Å². The molecule has 0 saturated heterocycles. The lowest BCUT2D eigenvalue weighted by Crippen LogP contribution is -2.23. The number of aromatic amines is 1. The van der Waals surface area contributed by atoms with Gasteiger partial charge in [0.2, 0.25) is 5.95 Å². The first kappa shape index (κ1) is 22.2. The number of rotatable bonds is 6. The van der Waals surface area contributed by atoms with E-state index < -0.39 is 22.8 Å². The van der Waals surface area contributed by atoms with Gasteiger partial charge in [0, 0.05) is 16.3 Å². The van der Waals surface area contributed by atoms with Gasteiger partial charge in [0.1, 0.15) is 22.8 Å². The van der Waals surface area contributed by atoms with Crippen molar-refractivity contribution in [2.75, 3.05) is 19.5 Å². The van der Waals surface area contributed by atoms with Crippen LogP contribution in [-0.2, 0) is 0 Å². The highest BCUT2D eigenvalue weighted by Crippen LogP contribution is 2.29. The number of fused-ring (bicyclic) bond motifs is 1. The Morgan fingerprint density at radius 2 is 1.69 bits per heavy atom. The van der Waals surface area contributed by atoms with E-state index in [1.807, 2.05) is 12.1 Å². The van der Waals surface area contributed by atoms with Gasteiger partial charge in [0.25, 0.3) is 11.5 Å². The summed E-state index contributed by atoms with van der Waals surface area (Å²) < 4.78 is 12.0. The molecule has 0 unspecified atom stereocenters. The molecule has 0 aliphatic carbocycles. The standard InChI is InChI=1S/C24H19N5O5S/c1-33-15-7-3-13(4-8-15)21-26-24(28-29(21)14-5-9-16(34-2)10-6-14)27-23(32)19-20(30)17-11-35-12-18(17)25-22(19)31/h3-12,30H,1-2H3,(H,25,31)(H,27,28,32). The van der Waals surface area contributed by atoms with Crippen molar-refractivity contribution in [3.63, 3.8) is 0 Å². The normalized spacial score (nSPS) is 10.9. The second kappa shape index (κ2) is 8.95. The van der Waals surface area contributed by atoms with Crippen LogP contribution < -0.4 is 20.3 Å².